The van der Waals surface area contributed by atoms with E-state index in [9.17, 15) is 4.79 Å². The molecule has 2 nitrogen and oxygen atoms in total. The van der Waals surface area contributed by atoms with E-state index in [2.05, 4.69) is 0 Å². The largest absolute Gasteiger partial charge is 0.478 e. The van der Waals surface area contributed by atoms with E-state index in [0.29, 0.717) is 0 Å². The highest BCUT2D eigenvalue weighted by molar-refractivity contribution is 5.80. The van der Waals surface area contributed by atoms with E-state index in [4.69, 9.17) is 5.11 Å². The third-order valence-electron chi connectivity index (χ3n) is 3.44. The Bertz CT molecular complexity index is 281. The van der Waals surface area contributed by atoms with Gasteiger partial charge in [-0.15, -0.1) is 0 Å². The molecule has 2 bridgehead atoms. The zero-order chi connectivity index (χ0) is 9.97. The van der Waals surface area contributed by atoms with Gasteiger partial charge in [0.15, 0.2) is 0 Å². The van der Waals surface area contributed by atoms with Crippen LogP contribution in [0, 0.1) is 11.8 Å². The van der Waals surface area contributed by atoms with E-state index in [1.807, 2.05) is 6.08 Å². The molecule has 3 rings (SSSR count). The molecule has 0 aliphatic heterocycles. The summed E-state index contributed by atoms with van der Waals surface area (Å²) in [6.45, 7) is 0. The molecule has 0 amide bonds. The average Bonchev–Trinajstić information content (AvgIpc) is 2.19. The first-order valence-corrected chi connectivity index (χ1v) is 5.36. The van der Waals surface area contributed by atoms with Crippen molar-refractivity contribution in [2.75, 3.05) is 0 Å². The van der Waals surface area contributed by atoms with Gasteiger partial charge >= 0.3 is 5.97 Å². The number of aliphatic carboxylic acids is 1. The summed E-state index contributed by atoms with van der Waals surface area (Å²) in [4.78, 5) is 10.3. The van der Waals surface area contributed by atoms with E-state index in [0.717, 1.165) is 11.8 Å². The number of carbonyl (C=O) groups is 1. The van der Waals surface area contributed by atoms with Crippen LogP contribution in [0.2, 0.25) is 0 Å². The van der Waals surface area contributed by atoms with Crippen molar-refractivity contribution in [1.29, 1.82) is 0 Å². The Balaban J connectivity index is 2.01. The molecule has 0 atom stereocenters. The van der Waals surface area contributed by atoms with E-state index in [-0.39, 0.29) is 0 Å². The van der Waals surface area contributed by atoms with Crippen LogP contribution in [0.3, 0.4) is 0 Å². The molecule has 0 saturated heterocycles. The third-order valence-corrected chi connectivity index (χ3v) is 3.44. The lowest BCUT2D eigenvalue weighted by Crippen LogP contribution is -2.24. The minimum absolute atomic E-state index is 0.749. The van der Waals surface area contributed by atoms with Crippen molar-refractivity contribution in [3.8, 4) is 0 Å². The predicted octanol–water partition coefficient (Wildman–Crippen LogP) is 2.76. The van der Waals surface area contributed by atoms with Crippen LogP contribution >= 0.6 is 0 Å². The van der Waals surface area contributed by atoms with E-state index < -0.39 is 5.97 Å². The first kappa shape index (κ1) is 9.50. The Labute approximate surface area is 84.3 Å². The number of hydrogen-bond acceptors (Lipinski definition) is 1. The van der Waals surface area contributed by atoms with E-state index in [1.54, 1.807) is 6.08 Å². The molecule has 14 heavy (non-hydrogen) atoms. The van der Waals surface area contributed by atoms with Crippen LogP contribution in [0.1, 0.15) is 32.1 Å². The molecule has 76 valence electrons. The highest BCUT2D eigenvalue weighted by Gasteiger charge is 2.30. The van der Waals surface area contributed by atoms with Crippen LogP contribution in [-0.4, -0.2) is 11.1 Å². The number of rotatable bonds is 2. The molecular formula is C12H16O2. The fraction of sp³-hybridized carbons (Fsp3) is 0.583. The van der Waals surface area contributed by atoms with Crippen LogP contribution in [0.15, 0.2) is 23.8 Å². The number of allylic oxidation sites excluding steroid dienone is 3. The molecule has 0 spiro atoms. The normalized spacial score (nSPS) is 34.1. The summed E-state index contributed by atoms with van der Waals surface area (Å²) in [5.74, 6) is 0.769. The molecular weight excluding hydrogens is 176 g/mol. The molecule has 3 aliphatic rings. The van der Waals surface area contributed by atoms with Gasteiger partial charge < -0.3 is 5.11 Å². The lowest BCUT2D eigenvalue weighted by molar-refractivity contribution is -0.131. The lowest BCUT2D eigenvalue weighted by Gasteiger charge is -2.38. The van der Waals surface area contributed by atoms with Crippen molar-refractivity contribution in [3.63, 3.8) is 0 Å². The minimum Gasteiger partial charge on any atom is -0.478 e. The maximum atomic E-state index is 10.3. The van der Waals surface area contributed by atoms with Gasteiger partial charge in [-0.1, -0.05) is 17.7 Å². The molecule has 2 heteroatoms. The zero-order valence-electron chi connectivity index (χ0n) is 8.28. The Kier molecular flexibility index (Phi) is 2.71. The Hall–Kier alpha value is -1.05. The van der Waals surface area contributed by atoms with Gasteiger partial charge in [-0.2, -0.15) is 0 Å². The molecule has 3 saturated carbocycles. The van der Waals surface area contributed by atoms with Crippen molar-refractivity contribution in [2.45, 2.75) is 32.1 Å². The fourth-order valence-electron chi connectivity index (χ4n) is 2.70. The van der Waals surface area contributed by atoms with Gasteiger partial charge in [0.25, 0.3) is 0 Å². The van der Waals surface area contributed by atoms with Gasteiger partial charge in [0.1, 0.15) is 0 Å². The zero-order valence-corrected chi connectivity index (χ0v) is 8.28. The molecule has 0 aromatic rings. The summed E-state index contributed by atoms with van der Waals surface area (Å²) in [6, 6.07) is 0. The highest BCUT2D eigenvalue weighted by atomic mass is 16.4. The maximum Gasteiger partial charge on any atom is 0.328 e. The van der Waals surface area contributed by atoms with Crippen LogP contribution in [0.4, 0.5) is 0 Å². The van der Waals surface area contributed by atoms with E-state index >= 15 is 0 Å². The lowest BCUT2D eigenvalue weighted by atomic mass is 9.68. The van der Waals surface area contributed by atoms with Crippen molar-refractivity contribution in [1.82, 2.24) is 0 Å². The minimum atomic E-state index is -0.859. The van der Waals surface area contributed by atoms with Crippen molar-refractivity contribution in [2.24, 2.45) is 11.8 Å². The van der Waals surface area contributed by atoms with Crippen molar-refractivity contribution >= 4 is 5.97 Å². The molecule has 0 heterocycles. The number of hydrogen-bond donors (Lipinski definition) is 1. The standard InChI is InChI=1S/C12H16O2/c13-12(14)3-1-2-11-8-9-4-6-10(11)7-5-9/h1-3,9-10H,4-8H2,(H,13,14)/b3-1+,11-2-. The topological polar surface area (TPSA) is 37.3 Å². The second-order valence-corrected chi connectivity index (χ2v) is 4.36. The van der Waals surface area contributed by atoms with Crippen LogP contribution in [0.25, 0.3) is 0 Å². The SMILES string of the molecule is O=C(O)/C=C/C=C1/CC2CCC1CC2. The first-order chi connectivity index (χ1) is 6.75. The van der Waals surface area contributed by atoms with Gasteiger partial charge in [0, 0.05) is 6.08 Å². The summed E-state index contributed by atoms with van der Waals surface area (Å²) in [5, 5.41) is 8.46. The summed E-state index contributed by atoms with van der Waals surface area (Å²) in [7, 11) is 0. The molecule has 3 fully saturated rings. The summed E-state index contributed by atoms with van der Waals surface area (Å²) >= 11 is 0. The summed E-state index contributed by atoms with van der Waals surface area (Å²) in [6.07, 6.45) is 11.5. The third kappa shape index (κ3) is 2.06. The summed E-state index contributed by atoms with van der Waals surface area (Å²) in [5.41, 5.74) is 1.48. The Morgan fingerprint density at radius 1 is 1.29 bits per heavy atom. The average molecular weight is 192 g/mol. The number of fused-ring (bicyclic) bond motifs is 3. The Morgan fingerprint density at radius 3 is 2.50 bits per heavy atom. The molecule has 3 aliphatic carbocycles. The van der Waals surface area contributed by atoms with Gasteiger partial charge in [-0.25, -0.2) is 4.79 Å². The van der Waals surface area contributed by atoms with Crippen molar-refractivity contribution < 1.29 is 9.90 Å². The monoisotopic (exact) mass is 192 g/mol. The summed E-state index contributed by atoms with van der Waals surface area (Å²) < 4.78 is 0. The van der Waals surface area contributed by atoms with Gasteiger partial charge in [0.2, 0.25) is 0 Å². The molecule has 0 aromatic carbocycles. The second kappa shape index (κ2) is 3.99. The van der Waals surface area contributed by atoms with E-state index in [1.165, 1.54) is 43.8 Å². The van der Waals surface area contributed by atoms with Crippen molar-refractivity contribution in [3.05, 3.63) is 23.8 Å². The molecule has 0 radical (unpaired) electrons. The molecule has 0 unspecified atom stereocenters. The number of carboxylic acid groups (broad SMARTS) is 1. The highest BCUT2D eigenvalue weighted by Crippen LogP contribution is 2.44. The van der Waals surface area contributed by atoms with Crippen LogP contribution in [0.5, 0.6) is 0 Å². The molecule has 0 aromatic heterocycles. The predicted molar refractivity (Wildman–Crippen MR) is 54.9 cm³/mol. The second-order valence-electron chi connectivity index (χ2n) is 4.36. The Morgan fingerprint density at radius 2 is 2.00 bits per heavy atom. The van der Waals surface area contributed by atoms with Gasteiger partial charge in [0.05, 0.1) is 0 Å². The van der Waals surface area contributed by atoms with Gasteiger partial charge in [-0.05, 0) is 43.9 Å². The first-order valence-electron chi connectivity index (χ1n) is 5.36. The fourth-order valence-corrected chi connectivity index (χ4v) is 2.70. The molecule has 1 N–H and O–H groups in total. The smallest absolute Gasteiger partial charge is 0.328 e. The maximum absolute atomic E-state index is 10.3. The van der Waals surface area contributed by atoms with Crippen LogP contribution in [-0.2, 0) is 4.79 Å². The van der Waals surface area contributed by atoms with Gasteiger partial charge in [-0.3, -0.25) is 0 Å². The quantitative estimate of drug-likeness (QED) is 0.683. The van der Waals surface area contributed by atoms with Crippen LogP contribution < -0.4 is 0 Å². The number of carboxylic acids is 1.